The summed E-state index contributed by atoms with van der Waals surface area (Å²) in [6.45, 7) is 5.38. The van der Waals surface area contributed by atoms with Gasteiger partial charge in [-0.05, 0) is 53.9 Å². The van der Waals surface area contributed by atoms with Crippen LogP contribution in [0.3, 0.4) is 0 Å². The number of rotatable bonds is 9. The first kappa shape index (κ1) is 22.5. The summed E-state index contributed by atoms with van der Waals surface area (Å²) in [6.07, 6.45) is 0. The van der Waals surface area contributed by atoms with Gasteiger partial charge < -0.3 is 20.3 Å². The molecule has 1 atom stereocenters. The highest BCUT2D eigenvalue weighted by Crippen LogP contribution is 2.19. The molecule has 0 bridgehead atoms. The number of methoxy groups -OCH3 is 1. The first-order valence-corrected chi connectivity index (χ1v) is 10.4. The number of carbonyl (C=O) groups is 2. The summed E-state index contributed by atoms with van der Waals surface area (Å²) in [5, 5.41) is 8.10. The van der Waals surface area contributed by atoms with E-state index in [1.165, 1.54) is 0 Å². The second-order valence-corrected chi connectivity index (χ2v) is 7.75. The first-order chi connectivity index (χ1) is 15.0. The minimum absolute atomic E-state index is 0.127. The molecule has 2 amide bonds. The van der Waals surface area contributed by atoms with E-state index >= 15 is 0 Å². The van der Waals surface area contributed by atoms with Crippen LogP contribution in [-0.2, 0) is 14.3 Å². The molecule has 0 saturated carbocycles. The number of hydrogen-bond acceptors (Lipinski definition) is 3. The molecule has 3 N–H and O–H groups in total. The average Bonchev–Trinajstić information content (AvgIpc) is 2.75. The summed E-state index contributed by atoms with van der Waals surface area (Å²) in [5.74, 6) is -0.265. The van der Waals surface area contributed by atoms with Crippen LogP contribution in [0, 0.1) is 13.8 Å². The molecule has 3 aromatic carbocycles. The van der Waals surface area contributed by atoms with Crippen LogP contribution in [0.15, 0.2) is 60.7 Å². The molecule has 6 nitrogen and oxygen atoms in total. The van der Waals surface area contributed by atoms with Crippen LogP contribution in [0.5, 0.6) is 0 Å². The molecule has 3 aromatic rings. The highest BCUT2D eigenvalue weighted by atomic mass is 16.5. The SMILES string of the molecule is COCC[NH+](CC(=O)Nc1ccc2ccccc2c1)CC(=O)Nc1cccc(C)c1C. The number of quaternary nitrogens is 1. The van der Waals surface area contributed by atoms with Crippen molar-refractivity contribution in [3.05, 3.63) is 71.8 Å². The molecule has 0 saturated heterocycles. The molecule has 3 rings (SSSR count). The summed E-state index contributed by atoms with van der Waals surface area (Å²) >= 11 is 0. The Morgan fingerprint density at radius 2 is 1.58 bits per heavy atom. The molecular formula is C25H30N3O3+. The summed E-state index contributed by atoms with van der Waals surface area (Å²) in [5.41, 5.74) is 3.71. The predicted molar refractivity (Wildman–Crippen MR) is 125 cm³/mol. The number of amides is 2. The molecule has 0 aromatic heterocycles. The van der Waals surface area contributed by atoms with E-state index in [0.29, 0.717) is 13.2 Å². The Labute approximate surface area is 183 Å². The Balaban J connectivity index is 1.61. The van der Waals surface area contributed by atoms with Crippen LogP contribution < -0.4 is 15.5 Å². The van der Waals surface area contributed by atoms with Crippen molar-refractivity contribution in [2.24, 2.45) is 0 Å². The minimum atomic E-state index is -0.138. The van der Waals surface area contributed by atoms with Crippen LogP contribution in [-0.4, -0.2) is 45.2 Å². The number of nitrogens with one attached hydrogen (secondary N) is 3. The zero-order chi connectivity index (χ0) is 22.2. The molecule has 0 aliphatic rings. The van der Waals surface area contributed by atoms with Crippen molar-refractivity contribution in [2.75, 3.05) is 44.0 Å². The fourth-order valence-corrected chi connectivity index (χ4v) is 3.49. The first-order valence-electron chi connectivity index (χ1n) is 10.4. The van der Waals surface area contributed by atoms with Crippen molar-refractivity contribution in [1.82, 2.24) is 0 Å². The van der Waals surface area contributed by atoms with Gasteiger partial charge >= 0.3 is 0 Å². The number of aryl methyl sites for hydroxylation is 1. The van der Waals surface area contributed by atoms with Crippen LogP contribution >= 0.6 is 0 Å². The standard InChI is InChI=1S/C25H29N3O3/c1-18-7-6-10-23(19(18)2)27-25(30)17-28(13-14-31-3)16-24(29)26-22-12-11-20-8-4-5-9-21(20)15-22/h4-12,15H,13-14,16-17H2,1-3H3,(H,26,29)(H,27,30)/p+1. The summed E-state index contributed by atoms with van der Waals surface area (Å²) in [4.78, 5) is 26.1. The van der Waals surface area contributed by atoms with Crippen LogP contribution in [0.4, 0.5) is 11.4 Å². The number of hydrogen-bond donors (Lipinski definition) is 3. The molecule has 0 heterocycles. The van der Waals surface area contributed by atoms with E-state index in [2.05, 4.69) is 10.6 Å². The fourth-order valence-electron chi connectivity index (χ4n) is 3.49. The molecule has 0 aliphatic carbocycles. The lowest BCUT2D eigenvalue weighted by molar-refractivity contribution is -0.883. The number of benzene rings is 3. The summed E-state index contributed by atoms with van der Waals surface area (Å²) in [7, 11) is 1.61. The second-order valence-electron chi connectivity index (χ2n) is 7.75. The minimum Gasteiger partial charge on any atom is -0.379 e. The lowest BCUT2D eigenvalue weighted by Gasteiger charge is -2.19. The largest absolute Gasteiger partial charge is 0.379 e. The molecule has 0 radical (unpaired) electrons. The predicted octanol–water partition coefficient (Wildman–Crippen LogP) is 2.57. The quantitative estimate of drug-likeness (QED) is 0.498. The third kappa shape index (κ3) is 6.38. The zero-order valence-electron chi connectivity index (χ0n) is 18.3. The molecule has 31 heavy (non-hydrogen) atoms. The van der Waals surface area contributed by atoms with Gasteiger partial charge in [0, 0.05) is 18.5 Å². The monoisotopic (exact) mass is 420 g/mol. The van der Waals surface area contributed by atoms with Gasteiger partial charge in [0.1, 0.15) is 6.54 Å². The normalized spacial score (nSPS) is 11.8. The maximum absolute atomic E-state index is 12.7. The number of fused-ring (bicyclic) bond motifs is 1. The number of ether oxygens (including phenoxy) is 1. The van der Waals surface area contributed by atoms with Crippen molar-refractivity contribution in [1.29, 1.82) is 0 Å². The van der Waals surface area contributed by atoms with E-state index in [1.54, 1.807) is 7.11 Å². The maximum Gasteiger partial charge on any atom is 0.279 e. The van der Waals surface area contributed by atoms with Gasteiger partial charge in [0.2, 0.25) is 0 Å². The highest BCUT2D eigenvalue weighted by Gasteiger charge is 2.19. The van der Waals surface area contributed by atoms with E-state index in [4.69, 9.17) is 4.74 Å². The van der Waals surface area contributed by atoms with E-state index in [-0.39, 0.29) is 24.9 Å². The zero-order valence-corrected chi connectivity index (χ0v) is 18.3. The Hall–Kier alpha value is -3.22. The van der Waals surface area contributed by atoms with Crippen molar-refractivity contribution in [3.63, 3.8) is 0 Å². The molecule has 0 aliphatic heterocycles. The van der Waals surface area contributed by atoms with Gasteiger partial charge in [0.05, 0.1) is 6.61 Å². The Morgan fingerprint density at radius 1 is 0.871 bits per heavy atom. The van der Waals surface area contributed by atoms with E-state index in [1.807, 2.05) is 74.5 Å². The van der Waals surface area contributed by atoms with Gasteiger partial charge in [0.15, 0.2) is 13.1 Å². The molecule has 1 unspecified atom stereocenters. The molecule has 6 heteroatoms. The van der Waals surface area contributed by atoms with Crippen molar-refractivity contribution < 1.29 is 19.2 Å². The lowest BCUT2D eigenvalue weighted by Crippen LogP contribution is -3.14. The van der Waals surface area contributed by atoms with Crippen LogP contribution in [0.25, 0.3) is 10.8 Å². The Kier molecular flexibility index (Phi) is 7.76. The van der Waals surface area contributed by atoms with Gasteiger partial charge in [-0.15, -0.1) is 0 Å². The van der Waals surface area contributed by atoms with Crippen LogP contribution in [0.1, 0.15) is 11.1 Å². The van der Waals surface area contributed by atoms with Gasteiger partial charge in [-0.3, -0.25) is 9.59 Å². The van der Waals surface area contributed by atoms with Crippen molar-refractivity contribution in [2.45, 2.75) is 13.8 Å². The molecule has 0 spiro atoms. The van der Waals surface area contributed by atoms with Gasteiger partial charge in [-0.25, -0.2) is 0 Å². The third-order valence-electron chi connectivity index (χ3n) is 5.39. The number of carbonyl (C=O) groups excluding carboxylic acids is 2. The number of anilines is 2. The van der Waals surface area contributed by atoms with Crippen LogP contribution in [0.2, 0.25) is 0 Å². The summed E-state index contributed by atoms with van der Waals surface area (Å²) in [6, 6.07) is 19.7. The van der Waals surface area contributed by atoms with E-state index in [0.717, 1.165) is 38.2 Å². The summed E-state index contributed by atoms with van der Waals surface area (Å²) < 4.78 is 5.17. The van der Waals surface area contributed by atoms with E-state index < -0.39 is 0 Å². The Bertz CT molecular complexity index is 1060. The second kappa shape index (κ2) is 10.7. The smallest absolute Gasteiger partial charge is 0.279 e. The topological polar surface area (TPSA) is 71.9 Å². The van der Waals surface area contributed by atoms with Crippen molar-refractivity contribution >= 4 is 34.0 Å². The van der Waals surface area contributed by atoms with Gasteiger partial charge in [0.25, 0.3) is 11.8 Å². The molecule has 162 valence electrons. The van der Waals surface area contributed by atoms with Gasteiger partial charge in [-0.1, -0.05) is 42.5 Å². The van der Waals surface area contributed by atoms with Gasteiger partial charge in [-0.2, -0.15) is 0 Å². The molecule has 0 fully saturated rings. The Morgan fingerprint density at radius 3 is 2.32 bits per heavy atom. The average molecular weight is 421 g/mol. The third-order valence-corrected chi connectivity index (χ3v) is 5.39. The lowest BCUT2D eigenvalue weighted by atomic mass is 10.1. The van der Waals surface area contributed by atoms with E-state index in [9.17, 15) is 9.59 Å². The molecular weight excluding hydrogens is 390 g/mol. The fraction of sp³-hybridized carbons (Fsp3) is 0.280. The van der Waals surface area contributed by atoms with Crippen molar-refractivity contribution in [3.8, 4) is 0 Å². The highest BCUT2D eigenvalue weighted by molar-refractivity contribution is 5.95. The maximum atomic E-state index is 12.7.